The molecule has 0 fully saturated rings. The highest BCUT2D eigenvalue weighted by atomic mass is 32.2. The fraction of sp³-hybridized carbons (Fsp3) is 0.176. The Morgan fingerprint density at radius 1 is 1.19 bits per heavy atom. The monoisotopic (exact) mass is 399 g/mol. The maximum Gasteiger partial charge on any atom is 0.342 e. The number of hydrogen-bond donors (Lipinski definition) is 2. The summed E-state index contributed by atoms with van der Waals surface area (Å²) in [6, 6.07) is 8.84. The van der Waals surface area contributed by atoms with Crippen LogP contribution in [0.5, 0.6) is 5.75 Å². The van der Waals surface area contributed by atoms with E-state index in [-0.39, 0.29) is 17.0 Å². The lowest BCUT2D eigenvalue weighted by atomic mass is 10.1. The summed E-state index contributed by atoms with van der Waals surface area (Å²) >= 11 is 0. The van der Waals surface area contributed by atoms with Crippen LogP contribution in [0, 0.1) is 6.92 Å². The van der Waals surface area contributed by atoms with E-state index in [1.807, 2.05) is 0 Å². The number of halogens is 2. The van der Waals surface area contributed by atoms with Gasteiger partial charge in [-0.05, 0) is 31.2 Å². The number of esters is 1. The van der Waals surface area contributed by atoms with Crippen LogP contribution in [0.3, 0.4) is 0 Å². The second-order valence-electron chi connectivity index (χ2n) is 5.45. The molecule has 10 heteroatoms. The number of phenolic OH excluding ortho intramolecular Hbond substituents is 1. The number of benzene rings is 2. The predicted octanol–water partition coefficient (Wildman–Crippen LogP) is 2.49. The van der Waals surface area contributed by atoms with E-state index in [9.17, 15) is 31.9 Å². The van der Waals surface area contributed by atoms with Gasteiger partial charge >= 0.3 is 11.7 Å². The minimum absolute atomic E-state index is 0.150. The number of hydrogen-bond acceptors (Lipinski definition) is 6. The summed E-state index contributed by atoms with van der Waals surface area (Å²) in [7, 11) is -4.93. The molecular formula is C17H15F2NO6S. The third-order valence-electron chi connectivity index (χ3n) is 3.41. The molecule has 2 aromatic carbocycles. The molecule has 7 nitrogen and oxygen atoms in total. The smallest absolute Gasteiger partial charge is 0.342 e. The quantitative estimate of drug-likeness (QED) is 0.723. The molecule has 0 atom stereocenters. The predicted molar refractivity (Wildman–Crippen MR) is 91.4 cm³/mol. The van der Waals surface area contributed by atoms with Crippen LogP contribution in [0.4, 0.5) is 14.5 Å². The highest BCUT2D eigenvalue weighted by molar-refractivity contribution is 7.91. The number of nitrogens with one attached hydrogen (secondary N) is 1. The van der Waals surface area contributed by atoms with Gasteiger partial charge in [0.25, 0.3) is 5.91 Å². The minimum atomic E-state index is -4.93. The second-order valence-corrected chi connectivity index (χ2v) is 7.33. The summed E-state index contributed by atoms with van der Waals surface area (Å²) in [5.74, 6) is -5.90. The van der Waals surface area contributed by atoms with Crippen molar-refractivity contribution in [3.63, 3.8) is 0 Å². The van der Waals surface area contributed by atoms with Gasteiger partial charge in [0, 0.05) is 0 Å². The maximum absolute atomic E-state index is 12.7. The van der Waals surface area contributed by atoms with Crippen molar-refractivity contribution in [2.24, 2.45) is 0 Å². The van der Waals surface area contributed by atoms with Crippen molar-refractivity contribution in [1.82, 2.24) is 0 Å². The van der Waals surface area contributed by atoms with E-state index in [4.69, 9.17) is 4.74 Å². The number of rotatable bonds is 6. The third kappa shape index (κ3) is 4.79. The van der Waals surface area contributed by atoms with Gasteiger partial charge < -0.3 is 15.2 Å². The number of carbonyl (C=O) groups excluding carboxylic acids is 2. The molecule has 0 spiro atoms. The molecule has 27 heavy (non-hydrogen) atoms. The van der Waals surface area contributed by atoms with E-state index < -0.39 is 39.0 Å². The molecule has 0 unspecified atom stereocenters. The molecule has 144 valence electrons. The van der Waals surface area contributed by atoms with Crippen molar-refractivity contribution in [3.05, 3.63) is 53.6 Å². The lowest BCUT2D eigenvalue weighted by Crippen LogP contribution is -2.23. The van der Waals surface area contributed by atoms with E-state index in [2.05, 4.69) is 5.32 Å². The number of sulfone groups is 1. The number of amides is 1. The van der Waals surface area contributed by atoms with E-state index in [0.717, 1.165) is 12.1 Å². The molecule has 2 N–H and O–H groups in total. The summed E-state index contributed by atoms with van der Waals surface area (Å²) in [5.41, 5.74) is 0.163. The highest BCUT2D eigenvalue weighted by Crippen LogP contribution is 2.26. The number of anilines is 1. The molecule has 0 bridgehead atoms. The van der Waals surface area contributed by atoms with Crippen LogP contribution in [-0.4, -0.2) is 37.8 Å². The normalized spacial score (nSPS) is 11.3. The van der Waals surface area contributed by atoms with Gasteiger partial charge in [0.15, 0.2) is 6.61 Å². The zero-order chi connectivity index (χ0) is 20.2. The van der Waals surface area contributed by atoms with Crippen molar-refractivity contribution in [2.45, 2.75) is 17.6 Å². The van der Waals surface area contributed by atoms with Crippen molar-refractivity contribution < 1.29 is 36.6 Å². The van der Waals surface area contributed by atoms with Gasteiger partial charge in [-0.2, -0.15) is 8.78 Å². The summed E-state index contributed by atoms with van der Waals surface area (Å²) in [6.45, 7) is 0.874. The van der Waals surface area contributed by atoms with Crippen molar-refractivity contribution in [1.29, 1.82) is 0 Å². The van der Waals surface area contributed by atoms with Crippen LogP contribution >= 0.6 is 0 Å². The first-order valence-electron chi connectivity index (χ1n) is 7.50. The molecule has 0 radical (unpaired) electrons. The van der Waals surface area contributed by atoms with Crippen molar-refractivity contribution in [2.75, 3.05) is 11.9 Å². The molecule has 0 saturated heterocycles. The molecule has 0 aliphatic carbocycles. The van der Waals surface area contributed by atoms with Gasteiger partial charge in [0.1, 0.15) is 11.3 Å². The molecule has 0 aliphatic heterocycles. The summed E-state index contributed by atoms with van der Waals surface area (Å²) in [4.78, 5) is 23.1. The molecule has 2 aromatic rings. The first kappa shape index (κ1) is 20.3. The van der Waals surface area contributed by atoms with Crippen LogP contribution in [0.1, 0.15) is 15.9 Å². The first-order valence-corrected chi connectivity index (χ1v) is 9.05. The Morgan fingerprint density at radius 3 is 2.52 bits per heavy atom. The lowest BCUT2D eigenvalue weighted by Gasteiger charge is -2.11. The number of aromatic hydroxyl groups is 1. The van der Waals surface area contributed by atoms with E-state index >= 15 is 0 Å². The maximum atomic E-state index is 12.7. The fourth-order valence-corrected chi connectivity index (χ4v) is 3.01. The summed E-state index contributed by atoms with van der Waals surface area (Å²) in [6.07, 6.45) is 0. The van der Waals surface area contributed by atoms with E-state index in [0.29, 0.717) is 5.56 Å². The number of ether oxygens (including phenoxy) is 1. The third-order valence-corrected chi connectivity index (χ3v) is 4.85. The number of aryl methyl sites for hydroxylation is 1. The number of para-hydroxylation sites is 1. The Hall–Kier alpha value is -3.01. The van der Waals surface area contributed by atoms with Gasteiger partial charge in [-0.3, -0.25) is 4.79 Å². The number of carbonyl (C=O) groups is 2. The Labute approximate surface area is 153 Å². The van der Waals surface area contributed by atoms with Crippen LogP contribution in [0.15, 0.2) is 47.4 Å². The number of alkyl halides is 2. The lowest BCUT2D eigenvalue weighted by molar-refractivity contribution is -0.119. The molecule has 2 rings (SSSR count). The average molecular weight is 399 g/mol. The van der Waals surface area contributed by atoms with Crippen LogP contribution in [0.2, 0.25) is 0 Å². The van der Waals surface area contributed by atoms with Gasteiger partial charge in [-0.25, -0.2) is 13.2 Å². The van der Waals surface area contributed by atoms with E-state index in [1.54, 1.807) is 13.0 Å². The Bertz CT molecular complexity index is 975. The molecule has 0 aromatic heterocycles. The zero-order valence-electron chi connectivity index (χ0n) is 14.0. The average Bonchev–Trinajstić information content (AvgIpc) is 2.62. The van der Waals surface area contributed by atoms with E-state index in [1.165, 1.54) is 24.3 Å². The SMILES string of the molecule is Cc1ccc(O)c(C(=O)OCC(=O)Nc2ccccc2S(=O)(=O)C(F)F)c1. The molecule has 0 heterocycles. The van der Waals surface area contributed by atoms with Crippen molar-refractivity contribution >= 4 is 27.4 Å². The number of phenols is 1. The van der Waals surface area contributed by atoms with Crippen LogP contribution in [-0.2, 0) is 19.4 Å². The molecular weight excluding hydrogens is 384 g/mol. The van der Waals surface area contributed by atoms with Gasteiger partial charge in [0.05, 0.1) is 10.6 Å². The van der Waals surface area contributed by atoms with Gasteiger partial charge in [-0.15, -0.1) is 0 Å². The molecule has 0 saturated carbocycles. The molecule has 1 amide bonds. The topological polar surface area (TPSA) is 110 Å². The summed E-state index contributed by atoms with van der Waals surface area (Å²) in [5, 5.41) is 11.8. The zero-order valence-corrected chi connectivity index (χ0v) is 14.8. The second kappa shape index (κ2) is 8.12. The van der Waals surface area contributed by atoms with Gasteiger partial charge in [-0.1, -0.05) is 23.8 Å². The largest absolute Gasteiger partial charge is 0.507 e. The Balaban J connectivity index is 2.09. The standard InChI is InChI=1S/C17H15F2NO6S/c1-10-6-7-13(21)11(8-10)16(23)26-9-15(22)20-12-4-2-3-5-14(12)27(24,25)17(18)19/h2-8,17,21H,9H2,1H3,(H,20,22). The van der Waals surface area contributed by atoms with Gasteiger partial charge in [0.2, 0.25) is 9.84 Å². The highest BCUT2D eigenvalue weighted by Gasteiger charge is 2.29. The fourth-order valence-electron chi connectivity index (χ4n) is 2.12. The Kier molecular flexibility index (Phi) is 6.11. The van der Waals surface area contributed by atoms with Crippen molar-refractivity contribution in [3.8, 4) is 5.75 Å². The van der Waals surface area contributed by atoms with Crippen LogP contribution in [0.25, 0.3) is 0 Å². The molecule has 0 aliphatic rings. The first-order chi connectivity index (χ1) is 12.6. The Morgan fingerprint density at radius 2 is 1.85 bits per heavy atom. The summed E-state index contributed by atoms with van der Waals surface area (Å²) < 4.78 is 53.5. The minimum Gasteiger partial charge on any atom is -0.507 e. The van der Waals surface area contributed by atoms with Crippen LogP contribution < -0.4 is 5.32 Å².